The van der Waals surface area contributed by atoms with Gasteiger partial charge in [0, 0.05) is 6.54 Å². The van der Waals surface area contributed by atoms with Gasteiger partial charge < -0.3 is 0 Å². The number of para-hydroxylation sites is 3. The summed E-state index contributed by atoms with van der Waals surface area (Å²) >= 11 is 1.29. The molecule has 5 rings (SSSR count). The Morgan fingerprint density at radius 1 is 1.03 bits per heavy atom. The molecular weight excluding hydrogens is 446 g/mol. The molecule has 0 aliphatic heterocycles. The number of benzene rings is 2. The number of imidazole rings is 1. The number of hydrogen-bond acceptors (Lipinski definition) is 5. The van der Waals surface area contributed by atoms with Crippen LogP contribution < -0.4 is 5.56 Å². The fourth-order valence-electron chi connectivity index (χ4n) is 4.09. The number of alkyl halides is 2. The van der Waals surface area contributed by atoms with Gasteiger partial charge in [-0.05, 0) is 37.6 Å². The number of rotatable bonds is 7. The molecule has 0 amide bonds. The summed E-state index contributed by atoms with van der Waals surface area (Å²) in [6.45, 7) is 1.70. The topological polar surface area (TPSA) is 70.0 Å². The summed E-state index contributed by atoms with van der Waals surface area (Å²) in [6, 6.07) is 14.2. The first kappa shape index (κ1) is 21.6. The van der Waals surface area contributed by atoms with Crippen LogP contribution in [0.15, 0.2) is 58.5 Å². The van der Waals surface area contributed by atoms with E-state index in [2.05, 4.69) is 22.1 Å². The number of thioether (sulfide) groups is 1. The first-order chi connectivity index (χ1) is 16.0. The summed E-state index contributed by atoms with van der Waals surface area (Å²) in [6.07, 6.45) is 1.76. The summed E-state index contributed by atoms with van der Waals surface area (Å²) < 4.78 is 32.3. The molecule has 3 aromatic heterocycles. The number of halogens is 2. The summed E-state index contributed by atoms with van der Waals surface area (Å²) in [7, 11) is 0. The smallest absolute Gasteiger partial charge is 0.276 e. The van der Waals surface area contributed by atoms with Crippen LogP contribution in [-0.4, -0.2) is 28.7 Å². The van der Waals surface area contributed by atoms with Crippen molar-refractivity contribution in [1.29, 1.82) is 0 Å². The summed E-state index contributed by atoms with van der Waals surface area (Å²) in [5.41, 5.74) is 1.49. The van der Waals surface area contributed by atoms with Crippen molar-refractivity contribution in [1.82, 2.24) is 28.7 Å². The maximum atomic E-state index is 13.9. The molecule has 0 aliphatic carbocycles. The molecule has 2 aromatic carbocycles. The molecule has 1 unspecified atom stereocenters. The molecule has 0 fully saturated rings. The van der Waals surface area contributed by atoms with E-state index >= 15 is 0 Å². The number of aromatic nitrogens is 6. The molecule has 0 saturated heterocycles. The highest BCUT2D eigenvalue weighted by atomic mass is 32.2. The fraction of sp³-hybridized carbons (Fsp3) is 0.304. The van der Waals surface area contributed by atoms with Crippen LogP contribution in [0.1, 0.15) is 44.3 Å². The van der Waals surface area contributed by atoms with E-state index < -0.39 is 11.8 Å². The highest BCUT2D eigenvalue weighted by Gasteiger charge is 2.25. The predicted molar refractivity (Wildman–Crippen MR) is 125 cm³/mol. The molecule has 0 saturated carbocycles. The molecule has 3 heterocycles. The Morgan fingerprint density at radius 2 is 1.76 bits per heavy atom. The lowest BCUT2D eigenvalue weighted by Crippen LogP contribution is -2.23. The van der Waals surface area contributed by atoms with Gasteiger partial charge in [-0.15, -0.1) is 10.2 Å². The number of fused-ring (bicyclic) bond motifs is 4. The van der Waals surface area contributed by atoms with Gasteiger partial charge in [0.05, 0.1) is 27.2 Å². The summed E-state index contributed by atoms with van der Waals surface area (Å²) in [4.78, 5) is 17.6. The van der Waals surface area contributed by atoms with Gasteiger partial charge in [-0.1, -0.05) is 49.4 Å². The minimum Gasteiger partial charge on any atom is -0.276 e. The van der Waals surface area contributed by atoms with Gasteiger partial charge in [0.15, 0.2) is 5.16 Å². The molecule has 33 heavy (non-hydrogen) atoms. The van der Waals surface area contributed by atoms with Gasteiger partial charge in [0.1, 0.15) is 5.82 Å². The van der Waals surface area contributed by atoms with Crippen molar-refractivity contribution in [3.63, 3.8) is 0 Å². The maximum Gasteiger partial charge on any atom is 0.320 e. The highest BCUT2D eigenvalue weighted by Crippen LogP contribution is 2.37. The lowest BCUT2D eigenvalue weighted by molar-refractivity contribution is 0.0715. The van der Waals surface area contributed by atoms with E-state index in [1.165, 1.54) is 11.8 Å². The lowest BCUT2D eigenvalue weighted by Gasteiger charge is -2.14. The van der Waals surface area contributed by atoms with Crippen molar-refractivity contribution in [2.75, 3.05) is 0 Å². The largest absolute Gasteiger partial charge is 0.320 e. The first-order valence-electron chi connectivity index (χ1n) is 10.8. The average molecular weight is 469 g/mol. The number of hydrogen-bond donors (Lipinski definition) is 0. The van der Waals surface area contributed by atoms with Crippen molar-refractivity contribution in [2.24, 2.45) is 0 Å². The van der Waals surface area contributed by atoms with Crippen LogP contribution in [0.4, 0.5) is 8.78 Å². The SMILES string of the molecule is CCCCn1c(=O)c2ccccc2n2c(SC(C)c3nc4ccccc4n3C(F)F)nnc12. The molecule has 0 N–H and O–H groups in total. The highest BCUT2D eigenvalue weighted by molar-refractivity contribution is 7.99. The third-order valence-electron chi connectivity index (χ3n) is 5.68. The second kappa shape index (κ2) is 8.58. The molecule has 170 valence electrons. The second-order valence-electron chi connectivity index (χ2n) is 7.81. The maximum absolute atomic E-state index is 13.9. The fourth-order valence-corrected chi connectivity index (χ4v) is 5.05. The molecule has 1 atom stereocenters. The van der Waals surface area contributed by atoms with E-state index in [1.54, 1.807) is 34.9 Å². The van der Waals surface area contributed by atoms with Crippen LogP contribution >= 0.6 is 11.8 Å². The van der Waals surface area contributed by atoms with E-state index in [-0.39, 0.29) is 11.4 Å². The van der Waals surface area contributed by atoms with Crippen LogP contribution in [0.25, 0.3) is 27.7 Å². The average Bonchev–Trinajstić information content (AvgIpc) is 3.41. The molecule has 10 heteroatoms. The first-order valence-corrected chi connectivity index (χ1v) is 11.7. The number of aryl methyl sites for hydroxylation is 1. The van der Waals surface area contributed by atoms with E-state index in [1.807, 2.05) is 29.5 Å². The Kier molecular flexibility index (Phi) is 5.61. The zero-order chi connectivity index (χ0) is 23.1. The molecule has 0 radical (unpaired) electrons. The van der Waals surface area contributed by atoms with E-state index in [4.69, 9.17) is 0 Å². The third-order valence-corrected chi connectivity index (χ3v) is 6.72. The van der Waals surface area contributed by atoms with Gasteiger partial charge in [0.2, 0.25) is 5.78 Å². The van der Waals surface area contributed by atoms with E-state index in [9.17, 15) is 13.6 Å². The molecule has 7 nitrogen and oxygen atoms in total. The van der Waals surface area contributed by atoms with Gasteiger partial charge in [-0.25, -0.2) is 4.98 Å². The van der Waals surface area contributed by atoms with Crippen molar-refractivity contribution < 1.29 is 8.78 Å². The molecular formula is C23H22F2N6OS. The van der Waals surface area contributed by atoms with Crippen LogP contribution in [-0.2, 0) is 6.54 Å². The molecule has 0 bridgehead atoms. The minimum absolute atomic E-state index is 0.108. The zero-order valence-corrected chi connectivity index (χ0v) is 19.0. The summed E-state index contributed by atoms with van der Waals surface area (Å²) in [5.74, 6) is 0.709. The van der Waals surface area contributed by atoms with Gasteiger partial charge in [0.25, 0.3) is 5.56 Å². The van der Waals surface area contributed by atoms with E-state index in [0.717, 1.165) is 17.4 Å². The van der Waals surface area contributed by atoms with Crippen molar-refractivity contribution in [2.45, 2.75) is 50.2 Å². The van der Waals surface area contributed by atoms with Crippen molar-refractivity contribution in [3.8, 4) is 0 Å². The molecule has 0 spiro atoms. The van der Waals surface area contributed by atoms with Crippen LogP contribution in [0.5, 0.6) is 0 Å². The Hall–Kier alpha value is -3.27. The minimum atomic E-state index is -2.72. The van der Waals surface area contributed by atoms with Crippen LogP contribution in [0.3, 0.4) is 0 Å². The van der Waals surface area contributed by atoms with Gasteiger partial charge >= 0.3 is 6.55 Å². The van der Waals surface area contributed by atoms with Crippen LogP contribution in [0.2, 0.25) is 0 Å². The normalized spacial score (nSPS) is 13.0. The Morgan fingerprint density at radius 3 is 2.52 bits per heavy atom. The second-order valence-corrected chi connectivity index (χ2v) is 9.12. The Balaban J connectivity index is 1.65. The van der Waals surface area contributed by atoms with Crippen molar-refractivity contribution in [3.05, 3.63) is 64.7 Å². The number of nitrogens with zero attached hydrogens (tertiary/aromatic N) is 6. The van der Waals surface area contributed by atoms with Gasteiger partial charge in [-0.2, -0.15) is 8.78 Å². The van der Waals surface area contributed by atoms with Crippen molar-refractivity contribution >= 4 is 39.5 Å². The Bertz CT molecular complexity index is 1520. The van der Waals surface area contributed by atoms with Gasteiger partial charge in [-0.3, -0.25) is 18.3 Å². The monoisotopic (exact) mass is 468 g/mol. The predicted octanol–water partition coefficient (Wildman–Crippen LogP) is 5.44. The molecule has 5 aromatic rings. The Labute approximate surface area is 192 Å². The lowest BCUT2D eigenvalue weighted by atomic mass is 10.2. The van der Waals surface area contributed by atoms with E-state index in [0.29, 0.717) is 39.4 Å². The summed E-state index contributed by atoms with van der Waals surface area (Å²) in [5, 5.41) is 9.30. The quantitative estimate of drug-likeness (QED) is 0.297. The number of unbranched alkanes of at least 4 members (excludes halogenated alkanes) is 1. The third kappa shape index (κ3) is 3.58. The zero-order valence-electron chi connectivity index (χ0n) is 18.2. The molecule has 0 aliphatic rings. The van der Waals surface area contributed by atoms with Crippen LogP contribution in [0, 0.1) is 0 Å². The standard InChI is InChI=1S/C23H22F2N6OS/c1-3-4-13-29-20(32)15-9-5-7-11-17(15)31-22(29)27-28-23(31)33-14(2)19-26-16-10-6-8-12-18(16)30(19)21(24)25/h5-12,14,21H,3-4,13H2,1-2H3.